The second kappa shape index (κ2) is 10.2. The number of rotatable bonds is 7. The van der Waals surface area contributed by atoms with Crippen LogP contribution in [-0.2, 0) is 6.61 Å². The number of ether oxygens (including phenoxy) is 1. The van der Waals surface area contributed by atoms with Crippen LogP contribution < -0.4 is 10.2 Å². The van der Waals surface area contributed by atoms with Gasteiger partial charge in [0.15, 0.2) is 0 Å². The second-order valence-electron chi connectivity index (χ2n) is 5.90. The fourth-order valence-corrected chi connectivity index (χ4v) is 2.82. The van der Waals surface area contributed by atoms with Crippen molar-refractivity contribution in [3.63, 3.8) is 0 Å². The summed E-state index contributed by atoms with van der Waals surface area (Å²) in [4.78, 5) is 12.5. The molecule has 1 amide bonds. The van der Waals surface area contributed by atoms with E-state index in [1.165, 1.54) is 6.21 Å². The molecule has 1 N–H and O–H groups in total. The van der Waals surface area contributed by atoms with Crippen LogP contribution in [0.2, 0.25) is 0 Å². The largest absolute Gasteiger partial charge is 0.488 e. The second-order valence-corrected chi connectivity index (χ2v) is 6.82. The highest BCUT2D eigenvalue weighted by molar-refractivity contribution is 9.10. The van der Waals surface area contributed by atoms with Crippen LogP contribution in [0.25, 0.3) is 6.08 Å². The lowest BCUT2D eigenvalue weighted by atomic mass is 10.2. The maximum Gasteiger partial charge on any atom is 0.275 e. The Kier molecular flexibility index (Phi) is 7.15. The summed E-state index contributed by atoms with van der Waals surface area (Å²) in [5.74, 6) is 0.160. The molecule has 3 rings (SSSR count). The standard InChI is InChI=1S/C23H19BrN2O2/c24-20-13-14-22(28-17-19-10-5-2-6-11-19)21(16-20)23(27)26-25-15-7-12-18-8-3-1-4-9-18/h1-16H,17H2,(H,26,27). The van der Waals surface area contributed by atoms with Crippen LogP contribution in [-0.4, -0.2) is 12.1 Å². The average Bonchev–Trinajstić information content (AvgIpc) is 2.74. The summed E-state index contributed by atoms with van der Waals surface area (Å²) in [6, 6.07) is 25.0. The molecule has 0 bridgehead atoms. The molecule has 0 atom stereocenters. The molecule has 3 aromatic carbocycles. The molecule has 0 unspecified atom stereocenters. The SMILES string of the molecule is O=C(NN=CC=Cc1ccccc1)c1cc(Br)ccc1OCc1ccccc1. The van der Waals surface area contributed by atoms with Gasteiger partial charge >= 0.3 is 0 Å². The molecule has 0 saturated carbocycles. The van der Waals surface area contributed by atoms with Crippen molar-refractivity contribution in [2.75, 3.05) is 0 Å². The highest BCUT2D eigenvalue weighted by atomic mass is 79.9. The summed E-state index contributed by atoms with van der Waals surface area (Å²) in [7, 11) is 0. The van der Waals surface area contributed by atoms with Gasteiger partial charge in [-0.3, -0.25) is 4.79 Å². The zero-order chi connectivity index (χ0) is 19.6. The van der Waals surface area contributed by atoms with Gasteiger partial charge in [-0.1, -0.05) is 82.7 Å². The molecule has 0 aliphatic carbocycles. The van der Waals surface area contributed by atoms with E-state index < -0.39 is 0 Å². The number of benzene rings is 3. The van der Waals surface area contributed by atoms with E-state index >= 15 is 0 Å². The van der Waals surface area contributed by atoms with E-state index in [4.69, 9.17) is 4.74 Å². The van der Waals surface area contributed by atoms with Crippen molar-refractivity contribution in [3.05, 3.63) is 106 Å². The first-order valence-corrected chi connectivity index (χ1v) is 9.53. The van der Waals surface area contributed by atoms with Crippen molar-refractivity contribution in [1.29, 1.82) is 0 Å². The van der Waals surface area contributed by atoms with Crippen LogP contribution >= 0.6 is 15.9 Å². The van der Waals surface area contributed by atoms with Crippen LogP contribution in [0, 0.1) is 0 Å². The molecule has 28 heavy (non-hydrogen) atoms. The molecule has 5 heteroatoms. The number of halogens is 1. The van der Waals surface area contributed by atoms with E-state index in [1.807, 2.05) is 72.8 Å². The fraction of sp³-hybridized carbons (Fsp3) is 0.0435. The third-order valence-corrected chi connectivity index (χ3v) is 4.33. The number of nitrogens with one attached hydrogen (secondary N) is 1. The van der Waals surface area contributed by atoms with Gasteiger partial charge in [-0.2, -0.15) is 5.10 Å². The minimum Gasteiger partial charge on any atom is -0.488 e. The van der Waals surface area contributed by atoms with E-state index in [1.54, 1.807) is 18.2 Å². The molecule has 0 aliphatic rings. The fourth-order valence-electron chi connectivity index (χ4n) is 2.46. The number of amides is 1. The Morgan fingerprint density at radius 2 is 1.71 bits per heavy atom. The van der Waals surface area contributed by atoms with E-state index in [9.17, 15) is 4.79 Å². The topological polar surface area (TPSA) is 50.7 Å². The lowest BCUT2D eigenvalue weighted by Crippen LogP contribution is -2.18. The number of hydrogen-bond acceptors (Lipinski definition) is 3. The molecule has 0 aliphatic heterocycles. The Hall–Kier alpha value is -3.18. The number of carbonyl (C=O) groups is 1. The van der Waals surface area contributed by atoms with Gasteiger partial charge in [0.25, 0.3) is 5.91 Å². The number of allylic oxidation sites excluding steroid dienone is 1. The average molecular weight is 435 g/mol. The van der Waals surface area contributed by atoms with Crippen molar-refractivity contribution in [1.82, 2.24) is 5.43 Å². The highest BCUT2D eigenvalue weighted by Crippen LogP contribution is 2.24. The Morgan fingerprint density at radius 3 is 2.46 bits per heavy atom. The molecular weight excluding hydrogens is 416 g/mol. The van der Waals surface area contributed by atoms with Gasteiger partial charge in [0, 0.05) is 10.7 Å². The zero-order valence-electron chi connectivity index (χ0n) is 15.1. The first-order chi connectivity index (χ1) is 13.7. The quantitative estimate of drug-likeness (QED) is 0.396. The summed E-state index contributed by atoms with van der Waals surface area (Å²) >= 11 is 3.39. The summed E-state index contributed by atoms with van der Waals surface area (Å²) in [5, 5.41) is 3.97. The lowest BCUT2D eigenvalue weighted by molar-refractivity contribution is 0.0950. The molecule has 4 nitrogen and oxygen atoms in total. The van der Waals surface area contributed by atoms with Crippen LogP contribution in [0.1, 0.15) is 21.5 Å². The maximum atomic E-state index is 12.5. The number of hydrogen-bond donors (Lipinski definition) is 1. The minimum atomic E-state index is -0.339. The zero-order valence-corrected chi connectivity index (χ0v) is 16.7. The molecule has 0 fully saturated rings. The molecule has 3 aromatic rings. The Morgan fingerprint density at radius 1 is 1.00 bits per heavy atom. The summed E-state index contributed by atoms with van der Waals surface area (Å²) < 4.78 is 6.63. The van der Waals surface area contributed by atoms with Gasteiger partial charge in [0.05, 0.1) is 5.56 Å². The van der Waals surface area contributed by atoms with E-state index in [0.29, 0.717) is 17.9 Å². The molecular formula is C23H19BrN2O2. The molecule has 0 aromatic heterocycles. The number of hydrazone groups is 1. The predicted octanol–water partition coefficient (Wildman–Crippen LogP) is 5.46. The van der Waals surface area contributed by atoms with Crippen molar-refractivity contribution in [3.8, 4) is 5.75 Å². The van der Waals surface area contributed by atoms with Crippen LogP contribution in [0.4, 0.5) is 0 Å². The molecule has 0 saturated heterocycles. The van der Waals surface area contributed by atoms with Crippen LogP contribution in [0.15, 0.2) is 94.5 Å². The monoisotopic (exact) mass is 434 g/mol. The van der Waals surface area contributed by atoms with Gasteiger partial charge in [0.2, 0.25) is 0 Å². The third-order valence-electron chi connectivity index (χ3n) is 3.84. The first-order valence-electron chi connectivity index (χ1n) is 8.74. The van der Waals surface area contributed by atoms with Crippen molar-refractivity contribution < 1.29 is 9.53 Å². The molecule has 0 radical (unpaired) electrons. The van der Waals surface area contributed by atoms with E-state index in [2.05, 4.69) is 26.5 Å². The molecule has 0 spiro atoms. The van der Waals surface area contributed by atoms with Crippen LogP contribution in [0.3, 0.4) is 0 Å². The molecule has 0 heterocycles. The smallest absolute Gasteiger partial charge is 0.275 e. The summed E-state index contributed by atoms with van der Waals surface area (Å²) in [5.41, 5.74) is 5.03. The van der Waals surface area contributed by atoms with Gasteiger partial charge in [-0.05, 0) is 35.4 Å². The van der Waals surface area contributed by atoms with Crippen molar-refractivity contribution in [2.45, 2.75) is 6.61 Å². The third kappa shape index (κ3) is 5.93. The van der Waals surface area contributed by atoms with Gasteiger partial charge < -0.3 is 4.74 Å². The van der Waals surface area contributed by atoms with Crippen LogP contribution in [0.5, 0.6) is 5.75 Å². The Labute approximate surface area is 172 Å². The lowest BCUT2D eigenvalue weighted by Gasteiger charge is -2.11. The summed E-state index contributed by atoms with van der Waals surface area (Å²) in [6.07, 6.45) is 5.21. The van der Waals surface area contributed by atoms with Gasteiger partial charge in [-0.15, -0.1) is 0 Å². The van der Waals surface area contributed by atoms with Crippen molar-refractivity contribution >= 4 is 34.1 Å². The number of nitrogens with zero attached hydrogens (tertiary/aromatic N) is 1. The summed E-state index contributed by atoms with van der Waals surface area (Å²) in [6.45, 7) is 0.381. The Bertz CT molecular complexity index is 970. The van der Waals surface area contributed by atoms with E-state index in [-0.39, 0.29) is 5.91 Å². The first kappa shape index (κ1) is 19.6. The van der Waals surface area contributed by atoms with Gasteiger partial charge in [0.1, 0.15) is 12.4 Å². The normalized spacial score (nSPS) is 11.0. The van der Waals surface area contributed by atoms with Crippen molar-refractivity contribution in [2.24, 2.45) is 5.10 Å². The molecule has 140 valence electrons. The highest BCUT2D eigenvalue weighted by Gasteiger charge is 2.13. The minimum absolute atomic E-state index is 0.339. The van der Waals surface area contributed by atoms with E-state index in [0.717, 1.165) is 15.6 Å². The van der Waals surface area contributed by atoms with Gasteiger partial charge in [-0.25, -0.2) is 5.43 Å². The predicted molar refractivity (Wildman–Crippen MR) is 116 cm³/mol. The number of carbonyl (C=O) groups excluding carboxylic acids is 1. The maximum absolute atomic E-state index is 12.5. The Balaban J connectivity index is 1.63.